The lowest BCUT2D eigenvalue weighted by Crippen LogP contribution is -2.56. The third kappa shape index (κ3) is 5.29. The van der Waals surface area contributed by atoms with Gasteiger partial charge < -0.3 is 34.8 Å². The fourth-order valence-corrected chi connectivity index (χ4v) is 5.37. The molecule has 0 unspecified atom stereocenters. The van der Waals surface area contributed by atoms with Crippen molar-refractivity contribution >= 4 is 34.3 Å². The van der Waals surface area contributed by atoms with Crippen LogP contribution in [0.3, 0.4) is 0 Å². The molecule has 2 heterocycles. The van der Waals surface area contributed by atoms with E-state index in [9.17, 15) is 25.5 Å². The van der Waals surface area contributed by atoms with Crippen molar-refractivity contribution in [3.8, 4) is 0 Å². The number of para-hydroxylation sites is 1. The first kappa shape index (κ1) is 25.5. The van der Waals surface area contributed by atoms with Crippen molar-refractivity contribution in [3.05, 3.63) is 59.2 Å². The highest BCUT2D eigenvalue weighted by atomic mass is 35.5. The number of hydrogen-bond acceptors (Lipinski definition) is 7. The average Bonchev–Trinajstić information content (AvgIpc) is 3.16. The fourth-order valence-electron chi connectivity index (χ4n) is 4.13. The monoisotopic (exact) mass is 507 g/mol. The summed E-state index contributed by atoms with van der Waals surface area (Å²) in [6, 6.07) is 13.6. The zero-order valence-electron chi connectivity index (χ0n) is 19.0. The van der Waals surface area contributed by atoms with Gasteiger partial charge in [0.25, 0.3) is 0 Å². The summed E-state index contributed by atoms with van der Waals surface area (Å²) in [7, 11) is 0. The van der Waals surface area contributed by atoms with Crippen molar-refractivity contribution in [1.29, 1.82) is 0 Å². The minimum absolute atomic E-state index is 0.447. The molecule has 1 fully saturated rings. The molecule has 9 heteroatoms. The van der Waals surface area contributed by atoms with Crippen LogP contribution in [-0.4, -0.2) is 66.7 Å². The summed E-state index contributed by atoms with van der Waals surface area (Å²) < 4.78 is 7.43. The predicted molar refractivity (Wildman–Crippen MR) is 131 cm³/mol. The lowest BCUT2D eigenvalue weighted by molar-refractivity contribution is -0.250. The summed E-state index contributed by atoms with van der Waals surface area (Å²) in [5.74, 6) is 0. The van der Waals surface area contributed by atoms with E-state index in [-0.39, 0.29) is 0 Å². The second-order valence-electron chi connectivity index (χ2n) is 9.31. The highest BCUT2D eigenvalue weighted by Gasteiger charge is 2.44. The molecule has 3 aromatic rings. The van der Waals surface area contributed by atoms with E-state index in [0.29, 0.717) is 17.0 Å². The van der Waals surface area contributed by atoms with E-state index < -0.39 is 42.9 Å². The van der Waals surface area contributed by atoms with Gasteiger partial charge in [0.15, 0.2) is 6.23 Å². The Kier molecular flexibility index (Phi) is 7.61. The lowest BCUT2D eigenvalue weighted by atomic mass is 9.98. The van der Waals surface area contributed by atoms with Gasteiger partial charge >= 0.3 is 0 Å². The molecule has 5 N–H and O–H groups in total. The molecule has 7 nitrogen and oxygen atoms in total. The molecular formula is C25H30ClNO6S. The van der Waals surface area contributed by atoms with Crippen LogP contribution in [0.15, 0.2) is 58.5 Å². The number of aliphatic hydroxyl groups is 5. The highest BCUT2D eigenvalue weighted by molar-refractivity contribution is 7.99. The third-order valence-electron chi connectivity index (χ3n) is 6.08. The first-order valence-corrected chi connectivity index (χ1v) is 12.4. The van der Waals surface area contributed by atoms with Crippen LogP contribution in [0.4, 0.5) is 0 Å². The van der Waals surface area contributed by atoms with Crippen LogP contribution in [0, 0.1) is 0 Å². The van der Waals surface area contributed by atoms with E-state index in [0.717, 1.165) is 27.2 Å². The van der Waals surface area contributed by atoms with Gasteiger partial charge in [-0.05, 0) is 50.5 Å². The topological polar surface area (TPSA) is 115 Å². The largest absolute Gasteiger partial charge is 0.394 e. The number of aliphatic hydroxyl groups excluding tert-OH is 4. The Labute approximate surface area is 207 Å². The normalized spacial score (nSPS) is 25.7. The van der Waals surface area contributed by atoms with E-state index >= 15 is 0 Å². The van der Waals surface area contributed by atoms with Crippen molar-refractivity contribution in [2.45, 2.75) is 72.7 Å². The van der Waals surface area contributed by atoms with E-state index in [4.69, 9.17) is 16.3 Å². The molecule has 0 bridgehead atoms. The number of ether oxygens (including phenoxy) is 1. The number of aryl methyl sites for hydroxylation is 1. The Morgan fingerprint density at radius 1 is 1.03 bits per heavy atom. The van der Waals surface area contributed by atoms with Crippen LogP contribution in [0.5, 0.6) is 0 Å². The molecule has 184 valence electrons. The fraction of sp³-hybridized carbons (Fsp3) is 0.440. The third-order valence-corrected chi connectivity index (χ3v) is 7.44. The van der Waals surface area contributed by atoms with Crippen LogP contribution in [-0.2, 0) is 11.2 Å². The van der Waals surface area contributed by atoms with Crippen LogP contribution in [0.2, 0.25) is 5.02 Å². The van der Waals surface area contributed by atoms with Crippen LogP contribution in [0.25, 0.3) is 10.9 Å². The Bertz CT molecular complexity index is 1130. The van der Waals surface area contributed by atoms with E-state index in [1.165, 1.54) is 11.8 Å². The molecule has 0 saturated carbocycles. The summed E-state index contributed by atoms with van der Waals surface area (Å²) in [6.07, 6.45) is -3.15. The number of benzene rings is 2. The minimum atomic E-state index is -1.48. The quantitative estimate of drug-likeness (QED) is 0.334. The Morgan fingerprint density at radius 3 is 2.38 bits per heavy atom. The molecule has 1 aliphatic heterocycles. The van der Waals surface area contributed by atoms with Crippen molar-refractivity contribution in [2.24, 2.45) is 0 Å². The number of aromatic nitrogens is 1. The maximum absolute atomic E-state index is 10.7. The number of halogens is 1. The molecule has 2 aromatic carbocycles. The summed E-state index contributed by atoms with van der Waals surface area (Å²) in [5, 5.41) is 51.9. The summed E-state index contributed by atoms with van der Waals surface area (Å²) in [5.41, 5.74) is 1.05. The lowest BCUT2D eigenvalue weighted by Gasteiger charge is -2.40. The number of nitrogens with zero attached hydrogens (tertiary/aromatic N) is 1. The van der Waals surface area contributed by atoms with E-state index in [1.807, 2.05) is 36.4 Å². The van der Waals surface area contributed by atoms with Crippen molar-refractivity contribution in [1.82, 2.24) is 4.57 Å². The first-order valence-electron chi connectivity index (χ1n) is 11.2. The van der Waals surface area contributed by atoms with Crippen LogP contribution in [0.1, 0.15) is 32.1 Å². The standard InChI is InChI=1S/C25H30ClNO6S/c1-25(2,32)11-10-14-6-8-15(9-7-14)34-19-12-27(20-16(19)4-3-5-17(20)26)24-23(31)22(30)21(29)18(13-28)33-24/h3-9,12,18,21-24,28-32H,10-11,13H2,1-2H3/t18-,21-,22+,23-,24-/m1/s1. The number of rotatable bonds is 7. The van der Waals surface area contributed by atoms with Gasteiger partial charge in [-0.3, -0.25) is 0 Å². The molecule has 4 rings (SSSR count). The second-order valence-corrected chi connectivity index (χ2v) is 10.8. The molecule has 0 amide bonds. The van der Waals surface area contributed by atoms with Gasteiger partial charge in [-0.1, -0.05) is 47.6 Å². The molecule has 1 saturated heterocycles. The molecule has 34 heavy (non-hydrogen) atoms. The van der Waals surface area contributed by atoms with Gasteiger partial charge in [0.2, 0.25) is 0 Å². The van der Waals surface area contributed by atoms with Gasteiger partial charge in [-0.15, -0.1) is 0 Å². The van der Waals surface area contributed by atoms with Crippen molar-refractivity contribution in [2.75, 3.05) is 6.61 Å². The number of hydrogen-bond donors (Lipinski definition) is 5. The summed E-state index contributed by atoms with van der Waals surface area (Å²) >= 11 is 8.05. The summed E-state index contributed by atoms with van der Waals surface area (Å²) in [6.45, 7) is 3.09. The maximum Gasteiger partial charge on any atom is 0.163 e. The van der Waals surface area contributed by atoms with Crippen LogP contribution < -0.4 is 0 Å². The van der Waals surface area contributed by atoms with Gasteiger partial charge in [0.1, 0.15) is 24.4 Å². The molecule has 0 spiro atoms. The van der Waals surface area contributed by atoms with Gasteiger partial charge in [-0.2, -0.15) is 0 Å². The summed E-state index contributed by atoms with van der Waals surface area (Å²) in [4.78, 5) is 1.87. The van der Waals surface area contributed by atoms with Gasteiger partial charge in [0.05, 0.1) is 22.7 Å². The zero-order chi connectivity index (χ0) is 24.6. The van der Waals surface area contributed by atoms with E-state index in [1.54, 1.807) is 30.7 Å². The average molecular weight is 508 g/mol. The zero-order valence-corrected chi connectivity index (χ0v) is 20.6. The minimum Gasteiger partial charge on any atom is -0.394 e. The highest BCUT2D eigenvalue weighted by Crippen LogP contribution is 2.41. The Balaban J connectivity index is 1.65. The second kappa shape index (κ2) is 10.2. The molecule has 5 atom stereocenters. The molecular weight excluding hydrogens is 478 g/mol. The van der Waals surface area contributed by atoms with Crippen molar-refractivity contribution in [3.63, 3.8) is 0 Å². The Hall–Kier alpha value is -1.62. The van der Waals surface area contributed by atoms with Gasteiger partial charge in [0, 0.05) is 21.4 Å². The van der Waals surface area contributed by atoms with Gasteiger partial charge in [-0.25, -0.2) is 0 Å². The smallest absolute Gasteiger partial charge is 0.163 e. The number of fused-ring (bicyclic) bond motifs is 1. The first-order chi connectivity index (χ1) is 16.1. The molecule has 0 radical (unpaired) electrons. The predicted octanol–water partition coefficient (Wildman–Crippen LogP) is 3.12. The molecule has 1 aromatic heterocycles. The Morgan fingerprint density at radius 2 is 1.74 bits per heavy atom. The molecule has 0 aliphatic carbocycles. The maximum atomic E-state index is 10.7. The molecule has 1 aliphatic rings. The SMILES string of the molecule is CC(C)(O)CCc1ccc(Sc2cn([C@@H]3O[C@H](CO)[C@@H](O)[C@H](O)[C@H]3O)c3c(Cl)cccc23)cc1. The van der Waals surface area contributed by atoms with E-state index in [2.05, 4.69) is 0 Å². The van der Waals surface area contributed by atoms with Crippen LogP contribution >= 0.6 is 23.4 Å². The van der Waals surface area contributed by atoms with Crippen molar-refractivity contribution < 1.29 is 30.3 Å².